The average molecular weight is 586 g/mol. The molecule has 1 aromatic carbocycles. The molecule has 11 heteroatoms. The van der Waals surface area contributed by atoms with Crippen LogP contribution >= 0.6 is 39.7 Å². The van der Waals surface area contributed by atoms with E-state index in [1.54, 1.807) is 19.2 Å². The Labute approximate surface area is 222 Å². The molecule has 2 saturated heterocycles. The number of rotatable bonds is 6. The van der Waals surface area contributed by atoms with Gasteiger partial charge in [0, 0.05) is 47.9 Å². The molecular formula is C24H27BrClFN4O3S. The molecule has 1 aromatic heterocycles. The largest absolute Gasteiger partial charge is 0.463 e. The van der Waals surface area contributed by atoms with Crippen molar-refractivity contribution in [2.75, 3.05) is 46.0 Å². The van der Waals surface area contributed by atoms with Crippen molar-refractivity contribution < 1.29 is 18.7 Å². The molecule has 2 atom stereocenters. The summed E-state index contributed by atoms with van der Waals surface area (Å²) in [4.78, 5) is 27.4. The van der Waals surface area contributed by atoms with Crippen LogP contribution in [0.5, 0.6) is 0 Å². The van der Waals surface area contributed by atoms with Crippen molar-refractivity contribution in [1.29, 1.82) is 0 Å². The Balaban J connectivity index is 0.00000289. The van der Waals surface area contributed by atoms with Crippen molar-refractivity contribution in [3.8, 4) is 0 Å². The van der Waals surface area contributed by atoms with Crippen molar-refractivity contribution in [3.63, 3.8) is 0 Å². The average Bonchev–Trinajstić information content (AvgIpc) is 3.49. The van der Waals surface area contributed by atoms with E-state index in [4.69, 9.17) is 14.5 Å². The summed E-state index contributed by atoms with van der Waals surface area (Å²) in [5.41, 5.74) is 2.18. The quantitative estimate of drug-likeness (QED) is 0.467. The number of esters is 1. The lowest BCUT2D eigenvalue weighted by Gasteiger charge is -2.32. The molecule has 2 fully saturated rings. The van der Waals surface area contributed by atoms with Crippen molar-refractivity contribution in [1.82, 2.24) is 14.8 Å². The maximum absolute atomic E-state index is 13.9. The number of halogens is 3. The van der Waals surface area contributed by atoms with Gasteiger partial charge in [-0.2, -0.15) is 0 Å². The van der Waals surface area contributed by atoms with E-state index in [0.29, 0.717) is 16.0 Å². The van der Waals surface area contributed by atoms with Crippen LogP contribution in [0.4, 0.5) is 4.39 Å². The fraction of sp³-hybridized carbons (Fsp3) is 0.458. The Kier molecular flexibility index (Phi) is 8.59. The van der Waals surface area contributed by atoms with E-state index < -0.39 is 6.04 Å². The molecule has 3 aliphatic heterocycles. The van der Waals surface area contributed by atoms with Gasteiger partial charge in [0.1, 0.15) is 11.9 Å². The van der Waals surface area contributed by atoms with Crippen LogP contribution in [0.2, 0.25) is 0 Å². The number of benzene rings is 1. The number of thiazole rings is 1. The van der Waals surface area contributed by atoms with Crippen LogP contribution in [0.3, 0.4) is 0 Å². The van der Waals surface area contributed by atoms with Gasteiger partial charge in [0.15, 0.2) is 10.8 Å². The second-order valence-corrected chi connectivity index (χ2v) is 10.3. The number of fused-ring (bicyclic) bond motifs is 1. The minimum atomic E-state index is -0.610. The van der Waals surface area contributed by atoms with Crippen LogP contribution < -0.4 is 0 Å². The molecule has 5 rings (SSSR count). The molecule has 3 aliphatic rings. The zero-order valence-electron chi connectivity index (χ0n) is 19.3. The minimum Gasteiger partial charge on any atom is -0.463 e. The smallest absolute Gasteiger partial charge is 0.338 e. The number of hydrogen-bond donors (Lipinski definition) is 0. The minimum absolute atomic E-state index is 0. The summed E-state index contributed by atoms with van der Waals surface area (Å²) in [7, 11) is 0. The highest BCUT2D eigenvalue weighted by atomic mass is 79.9. The summed E-state index contributed by atoms with van der Waals surface area (Å²) in [6.45, 7) is 7.08. The lowest BCUT2D eigenvalue weighted by molar-refractivity contribution is -0.139. The summed E-state index contributed by atoms with van der Waals surface area (Å²) in [5.74, 6) is 0.355. The van der Waals surface area contributed by atoms with Gasteiger partial charge in [0.2, 0.25) is 0 Å². The standard InChI is InChI=1S/C24H26BrFN4O3S.ClH/c1-2-33-24(31)20-19-11-15(13-29-6-8-32-9-7-29)14-30(19)22(23-27-5-10-34-23)28-21(20)17-4-3-16(26)12-18(17)25;/h3-5,10,12,15,21H,2,6-9,11,13-14H2,1H3;1H/t15-,21+;/m1./s1. The third-order valence-electron chi connectivity index (χ3n) is 6.34. The van der Waals surface area contributed by atoms with Gasteiger partial charge in [0.05, 0.1) is 25.4 Å². The number of amidine groups is 1. The number of morpholine rings is 1. The first-order valence-corrected chi connectivity index (χ1v) is 13.1. The van der Waals surface area contributed by atoms with Gasteiger partial charge in [-0.1, -0.05) is 22.0 Å². The molecule has 0 N–H and O–H groups in total. The lowest BCUT2D eigenvalue weighted by atomic mass is 9.93. The molecular weight excluding hydrogens is 559 g/mol. The third kappa shape index (κ3) is 5.46. The Morgan fingerprint density at radius 3 is 2.83 bits per heavy atom. The van der Waals surface area contributed by atoms with Gasteiger partial charge in [-0.05, 0) is 37.0 Å². The topological polar surface area (TPSA) is 67.3 Å². The van der Waals surface area contributed by atoms with Crippen molar-refractivity contribution >= 4 is 51.5 Å². The first-order valence-electron chi connectivity index (χ1n) is 11.5. The van der Waals surface area contributed by atoms with Crippen molar-refractivity contribution in [2.45, 2.75) is 19.4 Å². The van der Waals surface area contributed by atoms with E-state index >= 15 is 0 Å². The lowest BCUT2D eigenvalue weighted by Crippen LogP contribution is -2.40. The van der Waals surface area contributed by atoms with Crippen LogP contribution in [0.15, 0.2) is 50.5 Å². The second-order valence-electron chi connectivity index (χ2n) is 8.53. The summed E-state index contributed by atoms with van der Waals surface area (Å²) < 4.78 is 25.4. The number of aromatic nitrogens is 1. The Morgan fingerprint density at radius 2 is 2.14 bits per heavy atom. The predicted octanol–water partition coefficient (Wildman–Crippen LogP) is 4.44. The molecule has 0 bridgehead atoms. The van der Waals surface area contributed by atoms with Crippen LogP contribution in [-0.2, 0) is 14.3 Å². The molecule has 0 saturated carbocycles. The molecule has 188 valence electrons. The first kappa shape index (κ1) is 26.2. The monoisotopic (exact) mass is 584 g/mol. The molecule has 0 radical (unpaired) electrons. The first-order chi connectivity index (χ1) is 16.5. The third-order valence-corrected chi connectivity index (χ3v) is 7.79. The molecule has 0 aliphatic carbocycles. The summed E-state index contributed by atoms with van der Waals surface area (Å²) in [5, 5.41) is 2.72. The van der Waals surface area contributed by atoms with Crippen LogP contribution in [0, 0.1) is 11.7 Å². The molecule has 35 heavy (non-hydrogen) atoms. The number of allylic oxidation sites excluding steroid dienone is 1. The summed E-state index contributed by atoms with van der Waals surface area (Å²) in [6, 6.07) is 3.88. The normalized spacial score (nSPS) is 22.5. The zero-order chi connectivity index (χ0) is 23.7. The van der Waals surface area contributed by atoms with E-state index in [-0.39, 0.29) is 30.8 Å². The van der Waals surface area contributed by atoms with Crippen molar-refractivity contribution in [3.05, 3.63) is 61.9 Å². The Bertz CT molecular complexity index is 1120. The van der Waals surface area contributed by atoms with Gasteiger partial charge in [-0.15, -0.1) is 23.7 Å². The van der Waals surface area contributed by atoms with Gasteiger partial charge in [0.25, 0.3) is 0 Å². The molecule has 0 spiro atoms. The van der Waals surface area contributed by atoms with Crippen molar-refractivity contribution in [2.24, 2.45) is 10.9 Å². The van der Waals surface area contributed by atoms with Crippen LogP contribution in [0.1, 0.15) is 30.0 Å². The van der Waals surface area contributed by atoms with E-state index in [0.717, 1.165) is 67.9 Å². The molecule has 4 heterocycles. The molecule has 7 nitrogen and oxygen atoms in total. The fourth-order valence-electron chi connectivity index (χ4n) is 4.86. The van der Waals surface area contributed by atoms with E-state index in [1.807, 2.05) is 5.38 Å². The predicted molar refractivity (Wildman–Crippen MR) is 138 cm³/mol. The van der Waals surface area contributed by atoms with E-state index in [9.17, 15) is 9.18 Å². The molecule has 0 amide bonds. The van der Waals surface area contributed by atoms with Gasteiger partial charge < -0.3 is 14.4 Å². The Hall–Kier alpha value is -1.85. The number of carbonyl (C=O) groups is 1. The van der Waals surface area contributed by atoms with Gasteiger partial charge >= 0.3 is 5.97 Å². The number of nitrogens with zero attached hydrogens (tertiary/aromatic N) is 4. The highest BCUT2D eigenvalue weighted by Gasteiger charge is 2.42. The SMILES string of the molecule is CCOC(=O)C1=C2C[C@H](CN3CCOCC3)CN2C(c2nccs2)=N[C@H]1c1ccc(F)cc1Br.Cl. The van der Waals surface area contributed by atoms with E-state index in [2.05, 4.69) is 30.7 Å². The van der Waals surface area contributed by atoms with Crippen LogP contribution in [-0.4, -0.2) is 72.6 Å². The maximum atomic E-state index is 13.9. The highest BCUT2D eigenvalue weighted by molar-refractivity contribution is 9.10. The second kappa shape index (κ2) is 11.5. The number of aliphatic imine (C=N–C) groups is 1. The Morgan fingerprint density at radius 1 is 1.34 bits per heavy atom. The number of hydrogen-bond acceptors (Lipinski definition) is 8. The van der Waals surface area contributed by atoms with Crippen LogP contribution in [0.25, 0.3) is 0 Å². The molecule has 0 unspecified atom stereocenters. The van der Waals surface area contributed by atoms with Gasteiger partial charge in [-0.25, -0.2) is 14.2 Å². The summed E-state index contributed by atoms with van der Waals surface area (Å²) >= 11 is 5.01. The highest BCUT2D eigenvalue weighted by Crippen LogP contribution is 2.44. The van der Waals surface area contributed by atoms with E-state index in [1.165, 1.54) is 23.5 Å². The number of carbonyl (C=O) groups excluding carboxylic acids is 1. The zero-order valence-corrected chi connectivity index (χ0v) is 22.5. The number of ether oxygens (including phenoxy) is 2. The van der Waals surface area contributed by atoms with Gasteiger partial charge in [-0.3, -0.25) is 9.89 Å². The fourth-order valence-corrected chi connectivity index (χ4v) is 6.07. The summed E-state index contributed by atoms with van der Waals surface area (Å²) in [6.07, 6.45) is 2.50. The maximum Gasteiger partial charge on any atom is 0.338 e. The molecule has 2 aromatic rings.